The van der Waals surface area contributed by atoms with Crippen molar-refractivity contribution < 1.29 is 19.0 Å². The Hall–Kier alpha value is -2.90. The highest BCUT2D eigenvalue weighted by atomic mass is 32.1. The lowest BCUT2D eigenvalue weighted by Crippen LogP contribution is -2.34. The normalized spacial score (nSPS) is 10.1. The third-order valence-corrected chi connectivity index (χ3v) is 3.84. The molecule has 0 saturated heterocycles. The summed E-state index contributed by atoms with van der Waals surface area (Å²) < 4.78 is 16.5. The van der Waals surface area contributed by atoms with Gasteiger partial charge in [0, 0.05) is 12.2 Å². The van der Waals surface area contributed by atoms with Crippen molar-refractivity contribution in [1.29, 1.82) is 0 Å². The first-order valence-electron chi connectivity index (χ1n) is 9.28. The summed E-state index contributed by atoms with van der Waals surface area (Å²) in [6.45, 7) is 9.57. The van der Waals surface area contributed by atoms with E-state index in [1.807, 2.05) is 38.1 Å². The predicted octanol–water partition coefficient (Wildman–Crippen LogP) is 4.18. The highest BCUT2D eigenvalue weighted by Gasteiger charge is 2.11. The maximum atomic E-state index is 12.5. The van der Waals surface area contributed by atoms with Crippen molar-refractivity contribution in [2.45, 2.75) is 13.8 Å². The summed E-state index contributed by atoms with van der Waals surface area (Å²) in [4.78, 5) is 12.5. The zero-order chi connectivity index (χ0) is 21.1. The van der Waals surface area contributed by atoms with Crippen LogP contribution in [0, 0.1) is 0 Å². The molecule has 0 spiro atoms. The van der Waals surface area contributed by atoms with Crippen molar-refractivity contribution in [3.63, 3.8) is 0 Å². The molecule has 0 atom stereocenters. The molecule has 0 heterocycles. The summed E-state index contributed by atoms with van der Waals surface area (Å²) in [7, 11) is 0. The average Bonchev–Trinajstić information content (AvgIpc) is 2.70. The molecule has 2 aromatic rings. The van der Waals surface area contributed by atoms with Crippen LogP contribution in [0.3, 0.4) is 0 Å². The smallest absolute Gasteiger partial charge is 0.257 e. The van der Waals surface area contributed by atoms with Gasteiger partial charge in [-0.25, -0.2) is 0 Å². The van der Waals surface area contributed by atoms with Crippen LogP contribution in [0.5, 0.6) is 11.5 Å². The van der Waals surface area contributed by atoms with Crippen LogP contribution < -0.4 is 20.1 Å². The van der Waals surface area contributed by atoms with Crippen LogP contribution in [-0.2, 0) is 4.74 Å². The second-order valence-corrected chi connectivity index (χ2v) is 6.63. The van der Waals surface area contributed by atoms with Crippen molar-refractivity contribution in [2.24, 2.45) is 0 Å². The van der Waals surface area contributed by atoms with Gasteiger partial charge in [0.05, 0.1) is 12.3 Å². The van der Waals surface area contributed by atoms with Gasteiger partial charge in [0.2, 0.25) is 0 Å². The van der Waals surface area contributed by atoms with Gasteiger partial charge in [-0.15, -0.1) is 0 Å². The number of hydrogen-bond acceptors (Lipinski definition) is 5. The summed E-state index contributed by atoms with van der Waals surface area (Å²) in [6.07, 6.45) is 0. The molecule has 0 radical (unpaired) electrons. The van der Waals surface area contributed by atoms with Gasteiger partial charge in [-0.2, -0.15) is 0 Å². The third-order valence-electron chi connectivity index (χ3n) is 3.63. The molecule has 29 heavy (non-hydrogen) atoms. The summed E-state index contributed by atoms with van der Waals surface area (Å²) in [6, 6.07) is 14.2. The SMILES string of the molecule is C=C(C)COc1ccccc1NC(=S)NC(=O)c1cccc(OCCOCC)c1. The maximum absolute atomic E-state index is 12.5. The lowest BCUT2D eigenvalue weighted by molar-refractivity contribution is 0.0976. The first-order chi connectivity index (χ1) is 14.0. The number of thiocarbonyl (C=S) groups is 1. The Bertz CT molecular complexity index is 854. The van der Waals surface area contributed by atoms with Gasteiger partial charge in [0.1, 0.15) is 24.7 Å². The number of carbonyl (C=O) groups is 1. The Labute approximate surface area is 176 Å². The molecule has 0 aliphatic rings. The van der Waals surface area contributed by atoms with E-state index < -0.39 is 0 Å². The average molecular weight is 415 g/mol. The van der Waals surface area contributed by atoms with Gasteiger partial charge in [0.15, 0.2) is 5.11 Å². The van der Waals surface area contributed by atoms with E-state index in [1.54, 1.807) is 24.3 Å². The Morgan fingerprint density at radius 3 is 2.66 bits per heavy atom. The molecular formula is C22H26N2O4S. The minimum Gasteiger partial charge on any atom is -0.491 e. The zero-order valence-corrected chi connectivity index (χ0v) is 17.5. The van der Waals surface area contributed by atoms with Crippen LogP contribution in [0.2, 0.25) is 0 Å². The molecule has 0 fully saturated rings. The lowest BCUT2D eigenvalue weighted by atomic mass is 10.2. The molecule has 6 nitrogen and oxygen atoms in total. The first kappa shape index (κ1) is 22.4. The number of hydrogen-bond donors (Lipinski definition) is 2. The minimum atomic E-state index is -0.335. The van der Waals surface area contributed by atoms with Crippen LogP contribution in [0.15, 0.2) is 60.7 Å². The predicted molar refractivity (Wildman–Crippen MR) is 119 cm³/mol. The van der Waals surface area contributed by atoms with Crippen LogP contribution in [0.25, 0.3) is 0 Å². The molecular weight excluding hydrogens is 388 g/mol. The highest BCUT2D eigenvalue weighted by Crippen LogP contribution is 2.24. The molecule has 0 bridgehead atoms. The van der Waals surface area contributed by atoms with Crippen molar-refractivity contribution in [3.05, 3.63) is 66.2 Å². The van der Waals surface area contributed by atoms with Crippen molar-refractivity contribution in [1.82, 2.24) is 5.32 Å². The largest absolute Gasteiger partial charge is 0.491 e. The van der Waals surface area contributed by atoms with Gasteiger partial charge in [-0.3, -0.25) is 10.1 Å². The highest BCUT2D eigenvalue weighted by molar-refractivity contribution is 7.80. The minimum absolute atomic E-state index is 0.170. The van der Waals surface area contributed by atoms with E-state index in [4.69, 9.17) is 26.4 Å². The third kappa shape index (κ3) is 7.93. The molecule has 7 heteroatoms. The second kappa shape index (κ2) is 11.8. The van der Waals surface area contributed by atoms with E-state index in [1.165, 1.54) is 0 Å². The first-order valence-corrected chi connectivity index (χ1v) is 9.69. The fourth-order valence-electron chi connectivity index (χ4n) is 2.32. The molecule has 0 saturated carbocycles. The number of amides is 1. The van der Waals surface area contributed by atoms with Gasteiger partial charge >= 0.3 is 0 Å². The van der Waals surface area contributed by atoms with Gasteiger partial charge in [-0.05, 0) is 62.0 Å². The quantitative estimate of drug-likeness (QED) is 0.345. The van der Waals surface area contributed by atoms with Crippen LogP contribution in [0.1, 0.15) is 24.2 Å². The Kier molecular flexibility index (Phi) is 9.14. The summed E-state index contributed by atoms with van der Waals surface area (Å²) in [5.74, 6) is 0.879. The van der Waals surface area contributed by atoms with E-state index >= 15 is 0 Å². The van der Waals surface area contributed by atoms with Crippen LogP contribution >= 0.6 is 12.2 Å². The molecule has 0 aliphatic carbocycles. The summed E-state index contributed by atoms with van der Waals surface area (Å²) >= 11 is 5.28. The molecule has 2 rings (SSSR count). The fourth-order valence-corrected chi connectivity index (χ4v) is 2.52. The van der Waals surface area contributed by atoms with Crippen molar-refractivity contribution in [2.75, 3.05) is 31.7 Å². The molecule has 2 aromatic carbocycles. The van der Waals surface area contributed by atoms with E-state index in [9.17, 15) is 4.79 Å². The number of carbonyl (C=O) groups excluding carboxylic acids is 1. The van der Waals surface area contributed by atoms with Gasteiger partial charge in [0.25, 0.3) is 5.91 Å². The number of para-hydroxylation sites is 2. The number of ether oxygens (including phenoxy) is 3. The van der Waals surface area contributed by atoms with Crippen molar-refractivity contribution in [3.8, 4) is 11.5 Å². The summed E-state index contributed by atoms with van der Waals surface area (Å²) in [5, 5.41) is 5.83. The number of benzene rings is 2. The van der Waals surface area contributed by atoms with Crippen molar-refractivity contribution >= 4 is 28.9 Å². The summed E-state index contributed by atoms with van der Waals surface area (Å²) in [5.41, 5.74) is 2.00. The number of anilines is 1. The van der Waals surface area contributed by atoms with Crippen LogP contribution in [0.4, 0.5) is 5.69 Å². The molecule has 0 unspecified atom stereocenters. The van der Waals surface area contributed by atoms with E-state index in [-0.39, 0.29) is 11.0 Å². The number of nitrogens with one attached hydrogen (secondary N) is 2. The molecule has 0 aliphatic heterocycles. The van der Waals surface area contributed by atoms with Gasteiger partial charge < -0.3 is 19.5 Å². The standard InChI is InChI=1S/C22H26N2O4S/c1-4-26-12-13-27-18-9-7-8-17(14-18)21(25)24-22(29)23-19-10-5-6-11-20(19)28-15-16(2)3/h5-11,14H,2,4,12-13,15H2,1,3H3,(H2,23,24,25,29). The maximum Gasteiger partial charge on any atom is 0.257 e. The van der Waals surface area contributed by atoms with E-state index in [0.29, 0.717) is 49.2 Å². The monoisotopic (exact) mass is 414 g/mol. The molecule has 1 amide bonds. The van der Waals surface area contributed by atoms with Crippen LogP contribution in [-0.4, -0.2) is 37.4 Å². The second-order valence-electron chi connectivity index (χ2n) is 6.22. The number of rotatable bonds is 10. The van der Waals surface area contributed by atoms with E-state index in [2.05, 4.69) is 17.2 Å². The topological polar surface area (TPSA) is 68.8 Å². The van der Waals surface area contributed by atoms with E-state index in [0.717, 1.165) is 5.57 Å². The Morgan fingerprint density at radius 1 is 1.10 bits per heavy atom. The molecule has 2 N–H and O–H groups in total. The Balaban J connectivity index is 1.94. The molecule has 154 valence electrons. The zero-order valence-electron chi connectivity index (χ0n) is 16.7. The fraction of sp³-hybridized carbons (Fsp3) is 0.273. The lowest BCUT2D eigenvalue weighted by Gasteiger charge is -2.14. The van der Waals surface area contributed by atoms with Gasteiger partial charge in [-0.1, -0.05) is 24.8 Å². The Morgan fingerprint density at radius 2 is 1.90 bits per heavy atom. The molecule has 0 aromatic heterocycles.